The summed E-state index contributed by atoms with van der Waals surface area (Å²) in [5.74, 6) is -0.649. The van der Waals surface area contributed by atoms with Crippen LogP contribution in [0.4, 0.5) is 5.69 Å². The van der Waals surface area contributed by atoms with Crippen molar-refractivity contribution in [1.82, 2.24) is 5.32 Å². The Balaban J connectivity index is 2.30. The fourth-order valence-corrected chi connectivity index (χ4v) is 2.14. The molecule has 2 N–H and O–H groups in total. The van der Waals surface area contributed by atoms with E-state index in [-0.39, 0.29) is 23.5 Å². The van der Waals surface area contributed by atoms with Gasteiger partial charge in [0.05, 0.1) is 23.0 Å². The fraction of sp³-hybridized carbons (Fsp3) is 0.263. The molecule has 0 aliphatic carbocycles. The maximum Gasteiger partial charge on any atom is 0.310 e. The lowest BCUT2D eigenvalue weighted by Gasteiger charge is -2.20. The molecule has 0 atom stereocenters. The summed E-state index contributed by atoms with van der Waals surface area (Å²) in [5.41, 5.74) is -1.57. The van der Waals surface area contributed by atoms with Gasteiger partial charge in [0.2, 0.25) is 0 Å². The first-order valence-electron chi connectivity index (χ1n) is 8.26. The Labute approximate surface area is 161 Å². The number of hydrogen-bond donors (Lipinski definition) is 2. The lowest BCUT2D eigenvalue weighted by molar-refractivity contribution is -0.384. The zero-order chi connectivity index (χ0) is 20.9. The molecule has 2 aromatic carbocycles. The Kier molecular flexibility index (Phi) is 6.19. The van der Waals surface area contributed by atoms with Crippen LogP contribution in [0.5, 0.6) is 17.2 Å². The second kappa shape index (κ2) is 8.38. The van der Waals surface area contributed by atoms with Gasteiger partial charge in [-0.3, -0.25) is 19.7 Å². The van der Waals surface area contributed by atoms with E-state index in [4.69, 9.17) is 14.6 Å². The molecule has 148 valence electrons. The van der Waals surface area contributed by atoms with E-state index in [2.05, 4.69) is 5.32 Å². The van der Waals surface area contributed by atoms with Crippen molar-refractivity contribution in [1.29, 1.82) is 0 Å². The highest BCUT2D eigenvalue weighted by molar-refractivity contribution is 5.98. The number of carbonyl (C=O) groups is 2. The molecular weight excluding hydrogens is 368 g/mol. The lowest BCUT2D eigenvalue weighted by Crippen LogP contribution is -2.39. The minimum absolute atomic E-state index is 0.0776. The third-order valence-electron chi connectivity index (χ3n) is 3.98. The molecule has 28 heavy (non-hydrogen) atoms. The van der Waals surface area contributed by atoms with Gasteiger partial charge in [0.25, 0.3) is 11.6 Å². The molecule has 9 heteroatoms. The standard InChI is InChI=1S/C19H20N2O7/c1-19(2,18(23)24)11-20-17(22)15-10-12(21(25)26)4-9-16(15)28-14-7-5-13(27-3)6-8-14/h4-10H,11H2,1-3H3,(H,20,22)(H,23,24). The highest BCUT2D eigenvalue weighted by Gasteiger charge is 2.28. The average Bonchev–Trinajstić information content (AvgIpc) is 2.66. The van der Waals surface area contributed by atoms with Crippen molar-refractivity contribution in [3.63, 3.8) is 0 Å². The van der Waals surface area contributed by atoms with E-state index >= 15 is 0 Å². The zero-order valence-corrected chi connectivity index (χ0v) is 15.6. The predicted octanol–water partition coefficient (Wildman–Crippen LogP) is 3.24. The molecule has 0 saturated heterocycles. The molecule has 0 aliphatic heterocycles. The van der Waals surface area contributed by atoms with Crippen LogP contribution in [-0.4, -0.2) is 35.6 Å². The summed E-state index contributed by atoms with van der Waals surface area (Å²) in [4.78, 5) is 34.2. The number of ether oxygens (including phenoxy) is 2. The molecule has 2 rings (SSSR count). The minimum Gasteiger partial charge on any atom is -0.497 e. The summed E-state index contributed by atoms with van der Waals surface area (Å²) in [7, 11) is 1.52. The quantitative estimate of drug-likeness (QED) is 0.525. The smallest absolute Gasteiger partial charge is 0.310 e. The van der Waals surface area contributed by atoms with Gasteiger partial charge in [-0.2, -0.15) is 0 Å². The van der Waals surface area contributed by atoms with Crippen molar-refractivity contribution in [2.24, 2.45) is 5.41 Å². The van der Waals surface area contributed by atoms with Crippen LogP contribution in [-0.2, 0) is 4.79 Å². The maximum atomic E-state index is 12.6. The molecule has 1 amide bonds. The number of nitro benzene ring substituents is 1. The number of nitrogens with zero attached hydrogens (tertiary/aromatic N) is 1. The number of methoxy groups -OCH3 is 1. The molecular formula is C19H20N2O7. The molecule has 0 unspecified atom stereocenters. The molecule has 0 heterocycles. The first-order chi connectivity index (χ1) is 13.1. The van der Waals surface area contributed by atoms with Gasteiger partial charge in [-0.25, -0.2) is 0 Å². The van der Waals surface area contributed by atoms with Gasteiger partial charge in [-0.1, -0.05) is 0 Å². The Hall–Kier alpha value is -3.62. The fourth-order valence-electron chi connectivity index (χ4n) is 2.14. The summed E-state index contributed by atoms with van der Waals surface area (Å²) < 4.78 is 10.8. The number of carboxylic acids is 1. The Morgan fingerprint density at radius 1 is 1.14 bits per heavy atom. The van der Waals surface area contributed by atoms with Gasteiger partial charge >= 0.3 is 5.97 Å². The zero-order valence-electron chi connectivity index (χ0n) is 15.6. The number of amides is 1. The van der Waals surface area contributed by atoms with Crippen molar-refractivity contribution in [2.75, 3.05) is 13.7 Å². The van der Waals surface area contributed by atoms with Gasteiger partial charge < -0.3 is 19.9 Å². The second-order valence-electron chi connectivity index (χ2n) is 6.59. The van der Waals surface area contributed by atoms with Crippen LogP contribution in [0.2, 0.25) is 0 Å². The second-order valence-corrected chi connectivity index (χ2v) is 6.59. The van der Waals surface area contributed by atoms with Crippen LogP contribution in [0.25, 0.3) is 0 Å². The minimum atomic E-state index is -1.20. The first-order valence-corrected chi connectivity index (χ1v) is 8.26. The summed E-state index contributed by atoms with van der Waals surface area (Å²) in [6, 6.07) is 10.2. The van der Waals surface area contributed by atoms with Gasteiger partial charge in [0.1, 0.15) is 17.2 Å². The van der Waals surface area contributed by atoms with Crippen molar-refractivity contribution >= 4 is 17.6 Å². The molecule has 9 nitrogen and oxygen atoms in total. The lowest BCUT2D eigenvalue weighted by atomic mass is 9.94. The van der Waals surface area contributed by atoms with Crippen LogP contribution in [0.15, 0.2) is 42.5 Å². The molecule has 0 aliphatic rings. The molecule has 2 aromatic rings. The van der Waals surface area contributed by atoms with Crippen molar-refractivity contribution in [3.8, 4) is 17.2 Å². The summed E-state index contributed by atoms with van der Waals surface area (Å²) >= 11 is 0. The van der Waals surface area contributed by atoms with E-state index in [0.29, 0.717) is 11.5 Å². The van der Waals surface area contributed by atoms with E-state index in [0.717, 1.165) is 6.07 Å². The summed E-state index contributed by atoms with van der Waals surface area (Å²) in [6.07, 6.45) is 0. The Bertz CT molecular complexity index is 892. The number of non-ortho nitro benzene ring substituents is 1. The van der Waals surface area contributed by atoms with Gasteiger partial charge in [-0.15, -0.1) is 0 Å². The van der Waals surface area contributed by atoms with E-state index in [1.165, 1.54) is 33.1 Å². The summed E-state index contributed by atoms with van der Waals surface area (Å²) in [5, 5.41) is 22.7. The average molecular weight is 388 g/mol. The number of nitro groups is 1. The van der Waals surface area contributed by atoms with Gasteiger partial charge in [0.15, 0.2) is 0 Å². The number of aliphatic carboxylic acids is 1. The number of nitrogens with one attached hydrogen (secondary N) is 1. The van der Waals surface area contributed by atoms with Crippen LogP contribution in [0.3, 0.4) is 0 Å². The molecule has 0 spiro atoms. The number of carbonyl (C=O) groups excluding carboxylic acids is 1. The third kappa shape index (κ3) is 4.97. The maximum absolute atomic E-state index is 12.6. The van der Waals surface area contributed by atoms with E-state index < -0.39 is 22.2 Å². The van der Waals surface area contributed by atoms with Crippen molar-refractivity contribution in [3.05, 3.63) is 58.1 Å². The van der Waals surface area contributed by atoms with Crippen LogP contribution in [0.1, 0.15) is 24.2 Å². The van der Waals surface area contributed by atoms with E-state index in [1.54, 1.807) is 24.3 Å². The van der Waals surface area contributed by atoms with Gasteiger partial charge in [-0.05, 0) is 44.2 Å². The largest absolute Gasteiger partial charge is 0.497 e. The van der Waals surface area contributed by atoms with Crippen LogP contribution < -0.4 is 14.8 Å². The van der Waals surface area contributed by atoms with E-state index in [9.17, 15) is 19.7 Å². The van der Waals surface area contributed by atoms with Crippen molar-refractivity contribution in [2.45, 2.75) is 13.8 Å². The van der Waals surface area contributed by atoms with Crippen molar-refractivity contribution < 1.29 is 29.1 Å². The molecule has 0 fully saturated rings. The summed E-state index contributed by atoms with van der Waals surface area (Å²) in [6.45, 7) is 2.75. The molecule has 0 saturated carbocycles. The molecule has 0 bridgehead atoms. The monoisotopic (exact) mass is 388 g/mol. The Morgan fingerprint density at radius 2 is 1.75 bits per heavy atom. The van der Waals surface area contributed by atoms with Crippen LogP contribution in [0, 0.1) is 15.5 Å². The number of benzene rings is 2. The van der Waals surface area contributed by atoms with Gasteiger partial charge in [0, 0.05) is 18.7 Å². The topological polar surface area (TPSA) is 128 Å². The predicted molar refractivity (Wildman–Crippen MR) is 99.9 cm³/mol. The third-order valence-corrected chi connectivity index (χ3v) is 3.98. The normalized spacial score (nSPS) is 10.8. The number of hydrogen-bond acceptors (Lipinski definition) is 6. The molecule has 0 radical (unpaired) electrons. The highest BCUT2D eigenvalue weighted by Crippen LogP contribution is 2.30. The number of rotatable bonds is 8. The molecule has 0 aromatic heterocycles. The first kappa shape index (κ1) is 20.7. The number of carboxylic acid groups (broad SMARTS) is 1. The Morgan fingerprint density at radius 3 is 2.29 bits per heavy atom. The van der Waals surface area contributed by atoms with Crippen LogP contribution >= 0.6 is 0 Å². The highest BCUT2D eigenvalue weighted by atomic mass is 16.6. The van der Waals surface area contributed by atoms with E-state index in [1.807, 2.05) is 0 Å². The SMILES string of the molecule is COc1ccc(Oc2ccc([N+](=O)[O-])cc2C(=O)NCC(C)(C)C(=O)O)cc1.